The van der Waals surface area contributed by atoms with Crippen LogP contribution in [0, 0.1) is 5.82 Å². The maximum absolute atomic E-state index is 15.6. The number of piperidine rings is 2. The van der Waals surface area contributed by atoms with Gasteiger partial charge in [0.15, 0.2) is 5.82 Å². The zero-order chi connectivity index (χ0) is 25.7. The Bertz CT molecular complexity index is 1310. The Morgan fingerprint density at radius 3 is 2.70 bits per heavy atom. The number of nitrogens with zero attached hydrogens (tertiary/aromatic N) is 6. The number of nitrogens with one attached hydrogen (secondary N) is 1. The van der Waals surface area contributed by atoms with E-state index in [1.165, 1.54) is 19.4 Å². The Kier molecular flexibility index (Phi) is 5.89. The minimum Gasteiger partial charge on any atom is -0.507 e. The molecule has 1 saturated carbocycles. The van der Waals surface area contributed by atoms with Crippen LogP contribution >= 0.6 is 0 Å². The van der Waals surface area contributed by atoms with E-state index in [-0.39, 0.29) is 41.1 Å². The van der Waals surface area contributed by atoms with Gasteiger partial charge in [0.05, 0.1) is 25.5 Å². The van der Waals surface area contributed by atoms with Gasteiger partial charge < -0.3 is 20.1 Å². The smallest absolute Gasteiger partial charge is 0.316 e. The van der Waals surface area contributed by atoms with Crippen LogP contribution in [0.4, 0.5) is 14.7 Å². The molecule has 9 nitrogen and oxygen atoms in total. The molecule has 6 rings (SSSR count). The topological polar surface area (TPSA) is 109 Å². The van der Waals surface area contributed by atoms with Crippen molar-refractivity contribution >= 4 is 5.95 Å². The van der Waals surface area contributed by atoms with Gasteiger partial charge in [0.25, 0.3) is 0 Å². The molecule has 194 valence electrons. The van der Waals surface area contributed by atoms with E-state index in [2.05, 4.69) is 37.4 Å². The number of fused-ring (bicyclic) bond motifs is 2. The van der Waals surface area contributed by atoms with Gasteiger partial charge in [-0.05, 0) is 57.6 Å². The highest BCUT2D eigenvalue weighted by Gasteiger charge is 2.50. The number of aromatic hydroxyl groups is 1. The van der Waals surface area contributed by atoms with Crippen molar-refractivity contribution in [1.29, 1.82) is 0 Å². The van der Waals surface area contributed by atoms with Crippen molar-refractivity contribution in [2.45, 2.75) is 75.3 Å². The number of halogens is 2. The maximum Gasteiger partial charge on any atom is 0.316 e. The standard InChI is InChI=1S/C26H29F2N7O2/c1-26-9-3-4-18(32-26)22(28)20(11-26)35(15-6-7-15)24-29-13-19(33-34-24)16-8-5-14(10-21(16)36)23-17(27)12-30-25(31-23)37-2/h5,8,10,12-13,15,18,20,22,32,36H,3-4,6-7,9,11H2,1-2H3/t18-,20-,22+,26-/m0/s1. The highest BCUT2D eigenvalue weighted by atomic mass is 19.1. The van der Waals surface area contributed by atoms with Gasteiger partial charge in [-0.25, -0.2) is 18.7 Å². The third kappa shape index (κ3) is 4.45. The summed E-state index contributed by atoms with van der Waals surface area (Å²) in [5, 5.41) is 22.9. The molecule has 2 aliphatic heterocycles. The van der Waals surface area contributed by atoms with Crippen molar-refractivity contribution in [3.63, 3.8) is 0 Å². The van der Waals surface area contributed by atoms with Gasteiger partial charge in [0.1, 0.15) is 23.3 Å². The Labute approximate surface area is 213 Å². The minimum absolute atomic E-state index is 0.00884. The third-order valence-corrected chi connectivity index (χ3v) is 7.72. The van der Waals surface area contributed by atoms with Crippen LogP contribution in [0.15, 0.2) is 30.6 Å². The number of phenolic OH excluding ortho intramolecular Hbond substituents is 1. The van der Waals surface area contributed by atoms with Crippen molar-refractivity contribution in [2.75, 3.05) is 12.0 Å². The molecule has 2 saturated heterocycles. The molecule has 0 radical (unpaired) electrons. The van der Waals surface area contributed by atoms with Crippen LogP contribution in [0.1, 0.15) is 45.4 Å². The van der Waals surface area contributed by atoms with Gasteiger partial charge in [0, 0.05) is 28.7 Å². The van der Waals surface area contributed by atoms with E-state index in [9.17, 15) is 9.50 Å². The molecule has 3 aliphatic rings. The van der Waals surface area contributed by atoms with E-state index in [0.717, 1.165) is 38.3 Å². The second kappa shape index (κ2) is 9.13. The second-order valence-electron chi connectivity index (χ2n) is 10.5. The van der Waals surface area contributed by atoms with E-state index in [0.29, 0.717) is 29.2 Å². The molecule has 37 heavy (non-hydrogen) atoms. The van der Waals surface area contributed by atoms with Crippen LogP contribution in [0.25, 0.3) is 22.5 Å². The van der Waals surface area contributed by atoms with E-state index in [4.69, 9.17) is 4.74 Å². The molecule has 3 fully saturated rings. The summed E-state index contributed by atoms with van der Waals surface area (Å²) < 4.78 is 34.9. The SMILES string of the molecule is COc1ncc(F)c(-c2ccc(-c3cnc(N(C4CC4)[C@H]4C[C@]5(C)CCC[C@H](N5)[C@H]4F)nn3)c(O)c2)n1. The monoisotopic (exact) mass is 509 g/mol. The molecule has 11 heteroatoms. The van der Waals surface area contributed by atoms with Gasteiger partial charge in [-0.3, -0.25) is 0 Å². The van der Waals surface area contributed by atoms with E-state index >= 15 is 4.39 Å². The van der Waals surface area contributed by atoms with Gasteiger partial charge in [-0.15, -0.1) is 10.2 Å². The molecule has 1 aromatic carbocycles. The highest BCUT2D eigenvalue weighted by molar-refractivity contribution is 5.72. The number of anilines is 1. The Morgan fingerprint density at radius 1 is 1.16 bits per heavy atom. The zero-order valence-electron chi connectivity index (χ0n) is 20.7. The molecule has 2 N–H and O–H groups in total. The van der Waals surface area contributed by atoms with Gasteiger partial charge >= 0.3 is 6.01 Å². The number of rotatable bonds is 6. The summed E-state index contributed by atoms with van der Waals surface area (Å²) in [7, 11) is 1.39. The average Bonchev–Trinajstić information content (AvgIpc) is 3.73. The Hall–Kier alpha value is -3.47. The number of phenols is 1. The minimum atomic E-state index is -1.00. The first-order valence-corrected chi connectivity index (χ1v) is 12.7. The number of alkyl halides is 1. The van der Waals surface area contributed by atoms with Crippen molar-refractivity contribution in [3.8, 4) is 34.3 Å². The number of benzene rings is 1. The number of methoxy groups -OCH3 is 1. The number of ether oxygens (including phenoxy) is 1. The lowest BCUT2D eigenvalue weighted by Gasteiger charge is -2.52. The fraction of sp³-hybridized carbons (Fsp3) is 0.500. The van der Waals surface area contributed by atoms with Crippen molar-refractivity contribution in [3.05, 3.63) is 36.4 Å². The van der Waals surface area contributed by atoms with Crippen molar-refractivity contribution in [2.24, 2.45) is 0 Å². The van der Waals surface area contributed by atoms with Crippen LogP contribution < -0.4 is 15.0 Å². The van der Waals surface area contributed by atoms with Gasteiger partial charge in [-0.1, -0.05) is 6.07 Å². The fourth-order valence-electron chi connectivity index (χ4n) is 5.79. The third-order valence-electron chi connectivity index (χ3n) is 7.72. The second-order valence-corrected chi connectivity index (χ2v) is 10.5. The number of hydrogen-bond donors (Lipinski definition) is 2. The fourth-order valence-corrected chi connectivity index (χ4v) is 5.79. The summed E-state index contributed by atoms with van der Waals surface area (Å²) in [4.78, 5) is 14.4. The van der Waals surface area contributed by atoms with Crippen LogP contribution in [-0.4, -0.2) is 67.2 Å². The van der Waals surface area contributed by atoms with Crippen molar-refractivity contribution < 1.29 is 18.6 Å². The van der Waals surface area contributed by atoms with Gasteiger partial charge in [-0.2, -0.15) is 4.98 Å². The van der Waals surface area contributed by atoms with Crippen LogP contribution in [0.3, 0.4) is 0 Å². The Morgan fingerprint density at radius 2 is 2.00 bits per heavy atom. The lowest BCUT2D eigenvalue weighted by atomic mass is 9.74. The molecule has 0 spiro atoms. The largest absolute Gasteiger partial charge is 0.507 e. The first kappa shape index (κ1) is 23.9. The lowest BCUT2D eigenvalue weighted by molar-refractivity contribution is 0.0582. The molecule has 3 aromatic rings. The lowest BCUT2D eigenvalue weighted by Crippen LogP contribution is -2.67. The number of hydrogen-bond acceptors (Lipinski definition) is 9. The summed E-state index contributed by atoms with van der Waals surface area (Å²) in [5.41, 5.74) is 1.03. The van der Waals surface area contributed by atoms with Gasteiger partial charge in [0.2, 0.25) is 5.95 Å². The Balaban J connectivity index is 1.27. The molecular weight excluding hydrogens is 480 g/mol. The molecular formula is C26H29F2N7O2. The molecule has 1 aliphatic carbocycles. The normalized spacial score (nSPS) is 27.1. The maximum atomic E-state index is 15.6. The first-order chi connectivity index (χ1) is 17.8. The zero-order valence-corrected chi connectivity index (χ0v) is 20.7. The van der Waals surface area contributed by atoms with Crippen molar-refractivity contribution in [1.82, 2.24) is 30.5 Å². The summed E-state index contributed by atoms with van der Waals surface area (Å²) in [5.74, 6) is -0.352. The molecule has 4 heterocycles. The van der Waals surface area contributed by atoms with E-state index < -0.39 is 12.0 Å². The average molecular weight is 510 g/mol. The number of aromatic nitrogens is 5. The molecule has 2 aromatic heterocycles. The quantitative estimate of drug-likeness (QED) is 0.512. The molecule has 0 amide bonds. The first-order valence-electron chi connectivity index (χ1n) is 12.7. The predicted octanol–water partition coefficient (Wildman–Crippen LogP) is 3.83. The van der Waals surface area contributed by atoms with E-state index in [1.807, 2.05) is 4.90 Å². The summed E-state index contributed by atoms with van der Waals surface area (Å²) in [6.45, 7) is 2.18. The molecule has 4 atom stereocenters. The summed E-state index contributed by atoms with van der Waals surface area (Å²) in [6, 6.07) is 4.40. The summed E-state index contributed by atoms with van der Waals surface area (Å²) in [6.07, 6.45) is 7.12. The predicted molar refractivity (Wildman–Crippen MR) is 132 cm³/mol. The molecule has 2 bridgehead atoms. The highest BCUT2D eigenvalue weighted by Crippen LogP contribution is 2.42. The van der Waals surface area contributed by atoms with Crippen LogP contribution in [-0.2, 0) is 0 Å². The van der Waals surface area contributed by atoms with Crippen LogP contribution in [0.2, 0.25) is 0 Å². The summed E-state index contributed by atoms with van der Waals surface area (Å²) >= 11 is 0. The van der Waals surface area contributed by atoms with Crippen LogP contribution in [0.5, 0.6) is 11.8 Å². The molecule has 0 unspecified atom stereocenters. The van der Waals surface area contributed by atoms with E-state index in [1.54, 1.807) is 12.1 Å².